The summed E-state index contributed by atoms with van der Waals surface area (Å²) in [5, 5.41) is 3.63. The quantitative estimate of drug-likeness (QED) is 0.404. The SMILES string of the molecule is COc1c(OC(=O)CCC(=O)N(C)C)ccc2c1-c1ccc3c(c1C(C(C)C)O2)C(C)=CC(C)(C)N3. The van der Waals surface area contributed by atoms with Gasteiger partial charge in [-0.15, -0.1) is 0 Å². The Morgan fingerprint density at radius 3 is 2.47 bits per heavy atom. The number of hydrogen-bond donors (Lipinski definition) is 1. The molecule has 1 N–H and O–H groups in total. The van der Waals surface area contributed by atoms with Gasteiger partial charge >= 0.3 is 5.97 Å². The first kappa shape index (κ1) is 25.6. The van der Waals surface area contributed by atoms with Crippen LogP contribution in [0.5, 0.6) is 17.2 Å². The maximum Gasteiger partial charge on any atom is 0.311 e. The molecule has 192 valence electrons. The highest BCUT2D eigenvalue weighted by Gasteiger charge is 2.37. The fourth-order valence-electron chi connectivity index (χ4n) is 5.11. The van der Waals surface area contributed by atoms with Crippen molar-refractivity contribution in [1.29, 1.82) is 0 Å². The number of carbonyl (C=O) groups is 2. The lowest BCUT2D eigenvalue weighted by Gasteiger charge is -2.38. The molecule has 2 aliphatic heterocycles. The zero-order valence-corrected chi connectivity index (χ0v) is 22.4. The number of ether oxygens (including phenoxy) is 3. The number of nitrogens with one attached hydrogen (secondary N) is 1. The monoisotopic (exact) mass is 492 g/mol. The Morgan fingerprint density at radius 1 is 1.11 bits per heavy atom. The molecule has 4 rings (SSSR count). The molecule has 0 spiro atoms. The molecule has 1 unspecified atom stereocenters. The lowest BCUT2D eigenvalue weighted by atomic mass is 9.79. The predicted molar refractivity (Wildman–Crippen MR) is 142 cm³/mol. The number of rotatable bonds is 6. The molecule has 1 atom stereocenters. The molecule has 0 saturated heterocycles. The van der Waals surface area contributed by atoms with E-state index in [0.717, 1.165) is 27.9 Å². The van der Waals surface area contributed by atoms with E-state index in [9.17, 15) is 9.59 Å². The summed E-state index contributed by atoms with van der Waals surface area (Å²) in [7, 11) is 4.88. The van der Waals surface area contributed by atoms with Crippen LogP contribution in [-0.4, -0.2) is 43.5 Å². The average Bonchev–Trinajstić information content (AvgIpc) is 2.80. The third-order valence-corrected chi connectivity index (χ3v) is 6.64. The van der Waals surface area contributed by atoms with E-state index in [1.807, 2.05) is 6.07 Å². The molecule has 0 aliphatic carbocycles. The average molecular weight is 493 g/mol. The van der Waals surface area contributed by atoms with Gasteiger partial charge in [0.2, 0.25) is 5.91 Å². The van der Waals surface area contributed by atoms with E-state index >= 15 is 0 Å². The molecule has 2 aromatic rings. The molecule has 7 nitrogen and oxygen atoms in total. The number of allylic oxidation sites excluding steroid dienone is 1. The first-order chi connectivity index (χ1) is 16.9. The molecule has 0 bridgehead atoms. The molecule has 2 heterocycles. The van der Waals surface area contributed by atoms with E-state index in [-0.39, 0.29) is 36.3 Å². The third kappa shape index (κ3) is 4.66. The Morgan fingerprint density at radius 2 is 1.83 bits per heavy atom. The Hall–Kier alpha value is -3.48. The van der Waals surface area contributed by atoms with Gasteiger partial charge in [0, 0.05) is 37.3 Å². The van der Waals surface area contributed by atoms with E-state index in [0.29, 0.717) is 17.2 Å². The number of esters is 1. The van der Waals surface area contributed by atoms with Gasteiger partial charge in [-0.25, -0.2) is 0 Å². The zero-order valence-electron chi connectivity index (χ0n) is 22.4. The highest BCUT2D eigenvalue weighted by molar-refractivity contribution is 5.92. The maximum atomic E-state index is 12.6. The number of hydrogen-bond acceptors (Lipinski definition) is 6. The fraction of sp³-hybridized carbons (Fsp3) is 0.448. The van der Waals surface area contributed by atoms with Gasteiger partial charge in [0.25, 0.3) is 0 Å². The summed E-state index contributed by atoms with van der Waals surface area (Å²) >= 11 is 0. The lowest BCUT2D eigenvalue weighted by Crippen LogP contribution is -2.33. The minimum absolute atomic E-state index is 0.0152. The molecule has 7 heteroatoms. The van der Waals surface area contributed by atoms with Crippen LogP contribution in [0.4, 0.5) is 5.69 Å². The molecule has 2 aliphatic rings. The number of anilines is 1. The van der Waals surface area contributed by atoms with E-state index in [2.05, 4.69) is 58.1 Å². The Labute approximate surface area is 213 Å². The summed E-state index contributed by atoms with van der Waals surface area (Å²) in [5.41, 5.74) is 6.12. The number of methoxy groups -OCH3 is 1. The van der Waals surface area contributed by atoms with Gasteiger partial charge in [0.15, 0.2) is 11.5 Å². The van der Waals surface area contributed by atoms with E-state index in [1.165, 1.54) is 10.5 Å². The zero-order chi connectivity index (χ0) is 26.4. The van der Waals surface area contributed by atoms with Crippen LogP contribution in [0.3, 0.4) is 0 Å². The van der Waals surface area contributed by atoms with Crippen molar-refractivity contribution >= 4 is 23.1 Å². The number of carbonyl (C=O) groups excluding carboxylic acids is 2. The number of benzene rings is 2. The van der Waals surface area contributed by atoms with Crippen molar-refractivity contribution in [1.82, 2.24) is 4.90 Å². The molecular formula is C29H36N2O5. The van der Waals surface area contributed by atoms with Crippen LogP contribution >= 0.6 is 0 Å². The van der Waals surface area contributed by atoms with Crippen molar-refractivity contribution < 1.29 is 23.8 Å². The Kier molecular flexibility index (Phi) is 6.78. The lowest BCUT2D eigenvalue weighted by molar-refractivity contribution is -0.138. The second-order valence-electron chi connectivity index (χ2n) is 10.6. The molecule has 36 heavy (non-hydrogen) atoms. The van der Waals surface area contributed by atoms with Crippen LogP contribution in [-0.2, 0) is 9.59 Å². The van der Waals surface area contributed by atoms with Crippen LogP contribution in [0.2, 0.25) is 0 Å². The van der Waals surface area contributed by atoms with Gasteiger partial charge in [0.05, 0.1) is 24.6 Å². The third-order valence-electron chi connectivity index (χ3n) is 6.64. The summed E-state index contributed by atoms with van der Waals surface area (Å²) in [6.07, 6.45) is 2.16. The normalized spacial score (nSPS) is 17.0. The van der Waals surface area contributed by atoms with Crippen LogP contribution in [0.15, 0.2) is 30.3 Å². The molecule has 0 fully saturated rings. The second kappa shape index (κ2) is 9.52. The highest BCUT2D eigenvalue weighted by Crippen LogP contribution is 2.55. The first-order valence-electron chi connectivity index (χ1n) is 12.4. The van der Waals surface area contributed by atoms with Gasteiger partial charge in [0.1, 0.15) is 11.9 Å². The summed E-state index contributed by atoms with van der Waals surface area (Å²) in [4.78, 5) is 25.9. The van der Waals surface area contributed by atoms with Crippen LogP contribution < -0.4 is 19.5 Å². The van der Waals surface area contributed by atoms with Crippen LogP contribution in [0, 0.1) is 5.92 Å². The summed E-state index contributed by atoms with van der Waals surface area (Å²) in [6, 6.07) is 7.72. The van der Waals surface area contributed by atoms with E-state index < -0.39 is 5.97 Å². The predicted octanol–water partition coefficient (Wildman–Crippen LogP) is 5.83. The maximum absolute atomic E-state index is 12.6. The number of fused-ring (bicyclic) bond motifs is 5. The minimum Gasteiger partial charge on any atom is -0.492 e. The Bertz CT molecular complexity index is 1240. The van der Waals surface area contributed by atoms with Gasteiger partial charge in [-0.1, -0.05) is 26.0 Å². The summed E-state index contributed by atoms with van der Waals surface area (Å²) < 4.78 is 18.0. The molecule has 1 amide bonds. The fourth-order valence-corrected chi connectivity index (χ4v) is 5.11. The van der Waals surface area contributed by atoms with Crippen molar-refractivity contribution in [2.45, 2.75) is 59.1 Å². The van der Waals surface area contributed by atoms with E-state index in [4.69, 9.17) is 14.2 Å². The molecular weight excluding hydrogens is 456 g/mol. The summed E-state index contributed by atoms with van der Waals surface area (Å²) in [6.45, 7) is 10.8. The molecule has 0 saturated carbocycles. The van der Waals surface area contributed by atoms with Crippen molar-refractivity contribution in [3.8, 4) is 28.4 Å². The van der Waals surface area contributed by atoms with Crippen LogP contribution in [0.1, 0.15) is 64.7 Å². The van der Waals surface area contributed by atoms with E-state index in [1.54, 1.807) is 27.3 Å². The first-order valence-corrected chi connectivity index (χ1v) is 12.4. The minimum atomic E-state index is -0.490. The van der Waals surface area contributed by atoms with Crippen molar-refractivity contribution in [3.63, 3.8) is 0 Å². The number of amides is 1. The van der Waals surface area contributed by atoms with Gasteiger partial charge in [-0.2, -0.15) is 0 Å². The largest absolute Gasteiger partial charge is 0.492 e. The van der Waals surface area contributed by atoms with Crippen molar-refractivity contribution in [2.24, 2.45) is 5.92 Å². The molecule has 2 aromatic carbocycles. The topological polar surface area (TPSA) is 77.1 Å². The number of nitrogens with zero attached hydrogens (tertiary/aromatic N) is 1. The molecule has 0 aromatic heterocycles. The van der Waals surface area contributed by atoms with Crippen molar-refractivity contribution in [2.75, 3.05) is 26.5 Å². The Balaban J connectivity index is 1.80. The second-order valence-corrected chi connectivity index (χ2v) is 10.6. The highest BCUT2D eigenvalue weighted by atomic mass is 16.6. The van der Waals surface area contributed by atoms with Gasteiger partial charge in [-0.05, 0) is 56.0 Å². The van der Waals surface area contributed by atoms with Gasteiger partial charge < -0.3 is 24.4 Å². The smallest absolute Gasteiger partial charge is 0.311 e. The molecule has 0 radical (unpaired) electrons. The van der Waals surface area contributed by atoms with Crippen molar-refractivity contribution in [3.05, 3.63) is 41.5 Å². The summed E-state index contributed by atoms with van der Waals surface area (Å²) in [5.74, 6) is 1.04. The standard InChI is InChI=1S/C29H36N2O5/c1-16(2)27-26-18(9-10-19-24(26)17(3)15-29(4,5)30-19)25-20(36-27)11-12-21(28(25)34-8)35-23(33)14-13-22(32)31(6)7/h9-12,15-16,27,30H,13-14H2,1-8H3. The van der Waals surface area contributed by atoms with Gasteiger partial charge in [-0.3, -0.25) is 9.59 Å². The van der Waals surface area contributed by atoms with Crippen LogP contribution in [0.25, 0.3) is 16.7 Å².